The Hall–Kier alpha value is -1.06. The van der Waals surface area contributed by atoms with Crippen molar-refractivity contribution in [2.45, 2.75) is 38.3 Å². The summed E-state index contributed by atoms with van der Waals surface area (Å²) in [6.07, 6.45) is 4.99. The minimum Gasteiger partial charge on any atom is -0.496 e. The van der Waals surface area contributed by atoms with Crippen LogP contribution in [0.1, 0.15) is 31.2 Å². The highest BCUT2D eigenvalue weighted by molar-refractivity contribution is 5.32. The first-order chi connectivity index (χ1) is 9.19. The maximum Gasteiger partial charge on any atom is 0.123 e. The summed E-state index contributed by atoms with van der Waals surface area (Å²) in [7, 11) is 3.92. The van der Waals surface area contributed by atoms with E-state index >= 15 is 0 Å². The lowest BCUT2D eigenvalue weighted by atomic mass is 9.86. The summed E-state index contributed by atoms with van der Waals surface area (Å²) < 4.78 is 5.41. The third-order valence-corrected chi connectivity index (χ3v) is 4.03. The number of ether oxygens (including phenoxy) is 1. The molecule has 0 amide bonds. The van der Waals surface area contributed by atoms with E-state index in [1.165, 1.54) is 31.2 Å². The lowest BCUT2D eigenvalue weighted by Crippen LogP contribution is -2.34. The Bertz CT molecular complexity index is 394. The quantitative estimate of drug-likeness (QED) is 0.886. The zero-order valence-corrected chi connectivity index (χ0v) is 12.1. The van der Waals surface area contributed by atoms with Gasteiger partial charge in [-0.15, -0.1) is 0 Å². The van der Waals surface area contributed by atoms with Gasteiger partial charge in [0.05, 0.1) is 7.11 Å². The molecule has 0 saturated heterocycles. The predicted molar refractivity (Wildman–Crippen MR) is 79.3 cm³/mol. The minimum absolute atomic E-state index is 0.415. The fourth-order valence-corrected chi connectivity index (χ4v) is 3.13. The summed E-state index contributed by atoms with van der Waals surface area (Å²) in [5.41, 5.74) is 7.32. The molecule has 1 aliphatic carbocycles. The SMILES string of the molecule is COc1ccccc1CN(C)CC1CCCC(N)C1. The van der Waals surface area contributed by atoms with Crippen LogP contribution >= 0.6 is 0 Å². The van der Waals surface area contributed by atoms with Gasteiger partial charge >= 0.3 is 0 Å². The van der Waals surface area contributed by atoms with E-state index in [2.05, 4.69) is 24.1 Å². The van der Waals surface area contributed by atoms with E-state index in [1.807, 2.05) is 12.1 Å². The number of methoxy groups -OCH3 is 1. The van der Waals surface area contributed by atoms with Crippen molar-refractivity contribution in [3.63, 3.8) is 0 Å². The molecular formula is C16H26N2O. The van der Waals surface area contributed by atoms with E-state index in [4.69, 9.17) is 10.5 Å². The fourth-order valence-electron chi connectivity index (χ4n) is 3.13. The number of nitrogens with zero attached hydrogens (tertiary/aromatic N) is 1. The normalized spacial score (nSPS) is 23.6. The standard InChI is InChI=1S/C16H26N2O/c1-18(11-13-6-5-8-15(17)10-13)12-14-7-3-4-9-16(14)19-2/h3-4,7,9,13,15H,5-6,8,10-12,17H2,1-2H3. The number of hydrogen-bond acceptors (Lipinski definition) is 3. The molecule has 1 aromatic rings. The largest absolute Gasteiger partial charge is 0.496 e. The molecule has 0 aliphatic heterocycles. The molecule has 1 fully saturated rings. The second-order valence-corrected chi connectivity index (χ2v) is 5.80. The highest BCUT2D eigenvalue weighted by Crippen LogP contribution is 2.25. The first-order valence-electron chi connectivity index (χ1n) is 7.25. The van der Waals surface area contributed by atoms with Crippen molar-refractivity contribution < 1.29 is 4.74 Å². The maximum atomic E-state index is 6.06. The van der Waals surface area contributed by atoms with Gasteiger partial charge in [-0.1, -0.05) is 24.6 Å². The topological polar surface area (TPSA) is 38.5 Å². The van der Waals surface area contributed by atoms with Crippen molar-refractivity contribution in [1.29, 1.82) is 0 Å². The maximum absolute atomic E-state index is 6.06. The van der Waals surface area contributed by atoms with Crippen molar-refractivity contribution in [2.75, 3.05) is 20.7 Å². The van der Waals surface area contributed by atoms with Crippen LogP contribution in [0.3, 0.4) is 0 Å². The summed E-state index contributed by atoms with van der Waals surface area (Å²) >= 11 is 0. The van der Waals surface area contributed by atoms with Crippen molar-refractivity contribution in [1.82, 2.24) is 4.90 Å². The van der Waals surface area contributed by atoms with Crippen LogP contribution in [0, 0.1) is 5.92 Å². The summed E-state index contributed by atoms with van der Waals surface area (Å²) in [4.78, 5) is 2.39. The molecule has 3 heteroatoms. The third-order valence-electron chi connectivity index (χ3n) is 4.03. The van der Waals surface area contributed by atoms with Crippen LogP contribution in [-0.4, -0.2) is 31.6 Å². The van der Waals surface area contributed by atoms with Crippen LogP contribution in [-0.2, 0) is 6.54 Å². The molecule has 1 aromatic carbocycles. The first kappa shape index (κ1) is 14.4. The average molecular weight is 262 g/mol. The predicted octanol–water partition coefficient (Wildman–Crippen LogP) is 2.64. The van der Waals surface area contributed by atoms with Crippen LogP contribution < -0.4 is 10.5 Å². The van der Waals surface area contributed by atoms with E-state index in [-0.39, 0.29) is 0 Å². The Morgan fingerprint density at radius 2 is 2.11 bits per heavy atom. The molecule has 1 aliphatic rings. The molecule has 2 unspecified atom stereocenters. The van der Waals surface area contributed by atoms with Gasteiger partial charge in [0.1, 0.15) is 5.75 Å². The molecule has 2 N–H and O–H groups in total. The molecule has 106 valence electrons. The first-order valence-corrected chi connectivity index (χ1v) is 7.25. The molecule has 2 atom stereocenters. The molecule has 19 heavy (non-hydrogen) atoms. The zero-order chi connectivity index (χ0) is 13.7. The molecule has 0 aromatic heterocycles. The minimum atomic E-state index is 0.415. The van der Waals surface area contributed by atoms with Crippen LogP contribution in [0.25, 0.3) is 0 Å². The summed E-state index contributed by atoms with van der Waals surface area (Å²) in [5.74, 6) is 1.73. The Kier molecular flexibility index (Phi) is 5.23. The fraction of sp³-hybridized carbons (Fsp3) is 0.625. The molecule has 0 bridgehead atoms. The molecule has 2 rings (SSSR count). The summed E-state index contributed by atoms with van der Waals surface area (Å²) in [5, 5.41) is 0. The van der Waals surface area contributed by atoms with E-state index in [0.29, 0.717) is 6.04 Å². The highest BCUT2D eigenvalue weighted by atomic mass is 16.5. The Morgan fingerprint density at radius 1 is 1.32 bits per heavy atom. The van der Waals surface area contributed by atoms with Crippen LogP contribution in [0.4, 0.5) is 0 Å². The van der Waals surface area contributed by atoms with Crippen molar-refractivity contribution in [2.24, 2.45) is 11.7 Å². The van der Waals surface area contributed by atoms with Gasteiger partial charge in [0, 0.05) is 24.7 Å². The smallest absolute Gasteiger partial charge is 0.123 e. The van der Waals surface area contributed by atoms with Crippen molar-refractivity contribution >= 4 is 0 Å². The number of rotatable bonds is 5. The second kappa shape index (κ2) is 6.92. The molecule has 1 saturated carbocycles. The van der Waals surface area contributed by atoms with Crippen molar-refractivity contribution in [3.8, 4) is 5.75 Å². The van der Waals surface area contributed by atoms with E-state index in [0.717, 1.165) is 24.8 Å². The van der Waals surface area contributed by atoms with Crippen molar-refractivity contribution in [3.05, 3.63) is 29.8 Å². The van der Waals surface area contributed by atoms with Gasteiger partial charge in [-0.25, -0.2) is 0 Å². The number of benzene rings is 1. The number of hydrogen-bond donors (Lipinski definition) is 1. The van der Waals surface area contributed by atoms with Gasteiger partial charge in [-0.2, -0.15) is 0 Å². The molecule has 0 radical (unpaired) electrons. The average Bonchev–Trinajstić information content (AvgIpc) is 2.39. The van der Waals surface area contributed by atoms with Crippen LogP contribution in [0.2, 0.25) is 0 Å². The van der Waals surface area contributed by atoms with Gasteiger partial charge in [0.25, 0.3) is 0 Å². The Balaban J connectivity index is 1.88. The van der Waals surface area contributed by atoms with E-state index in [9.17, 15) is 0 Å². The van der Waals surface area contributed by atoms with E-state index in [1.54, 1.807) is 7.11 Å². The summed E-state index contributed by atoms with van der Waals surface area (Å²) in [6.45, 7) is 2.07. The second-order valence-electron chi connectivity index (χ2n) is 5.80. The van der Waals surface area contributed by atoms with Gasteiger partial charge in [0.15, 0.2) is 0 Å². The number of para-hydroxylation sites is 1. The molecular weight excluding hydrogens is 236 g/mol. The molecule has 0 heterocycles. The lowest BCUT2D eigenvalue weighted by molar-refractivity contribution is 0.215. The van der Waals surface area contributed by atoms with Gasteiger partial charge < -0.3 is 15.4 Å². The van der Waals surface area contributed by atoms with Gasteiger partial charge in [-0.3, -0.25) is 0 Å². The van der Waals surface area contributed by atoms with Gasteiger partial charge in [0.2, 0.25) is 0 Å². The monoisotopic (exact) mass is 262 g/mol. The zero-order valence-electron chi connectivity index (χ0n) is 12.1. The molecule has 0 spiro atoms. The Morgan fingerprint density at radius 3 is 2.84 bits per heavy atom. The lowest BCUT2D eigenvalue weighted by Gasteiger charge is -2.30. The highest BCUT2D eigenvalue weighted by Gasteiger charge is 2.20. The van der Waals surface area contributed by atoms with Gasteiger partial charge in [-0.05, 0) is 38.3 Å². The van der Waals surface area contributed by atoms with E-state index < -0.39 is 0 Å². The Labute approximate surface area is 116 Å². The number of nitrogens with two attached hydrogens (primary N) is 1. The summed E-state index contributed by atoms with van der Waals surface area (Å²) in [6, 6.07) is 8.67. The van der Waals surface area contributed by atoms with Crippen LogP contribution in [0.5, 0.6) is 5.75 Å². The molecule has 3 nitrogen and oxygen atoms in total. The third kappa shape index (κ3) is 4.22. The van der Waals surface area contributed by atoms with Crippen LogP contribution in [0.15, 0.2) is 24.3 Å².